The molecular formula is C8H13F2NO2. The zero-order valence-electron chi connectivity index (χ0n) is 7.26. The molecule has 76 valence electrons. The fourth-order valence-electron chi connectivity index (χ4n) is 1.27. The number of ether oxygens (including phenoxy) is 1. The minimum absolute atomic E-state index is 0.288. The summed E-state index contributed by atoms with van der Waals surface area (Å²) in [7, 11) is 0. The van der Waals surface area contributed by atoms with Crippen LogP contribution < -0.4 is 5.32 Å². The normalized spacial score (nSPS) is 19.0. The monoisotopic (exact) mass is 193 g/mol. The third-order valence-electron chi connectivity index (χ3n) is 2.10. The maximum atomic E-state index is 11.7. The van der Waals surface area contributed by atoms with Gasteiger partial charge in [-0.2, -0.15) is 8.78 Å². The number of hydrogen-bond donors (Lipinski definition) is 1. The molecule has 13 heavy (non-hydrogen) atoms. The van der Waals surface area contributed by atoms with E-state index >= 15 is 0 Å². The van der Waals surface area contributed by atoms with Crippen LogP contribution in [-0.2, 0) is 9.53 Å². The summed E-state index contributed by atoms with van der Waals surface area (Å²) >= 11 is 0. The topological polar surface area (TPSA) is 38.3 Å². The Hall–Kier alpha value is -0.710. The highest BCUT2D eigenvalue weighted by molar-refractivity contribution is 5.78. The van der Waals surface area contributed by atoms with Crippen molar-refractivity contribution < 1.29 is 18.3 Å². The number of hydrogen-bond acceptors (Lipinski definition) is 2. The van der Waals surface area contributed by atoms with E-state index in [0.717, 1.165) is 12.8 Å². The lowest BCUT2D eigenvalue weighted by molar-refractivity contribution is -0.132. The highest BCUT2D eigenvalue weighted by atomic mass is 19.3. The Labute approximate surface area is 75.4 Å². The minimum Gasteiger partial charge on any atom is -0.381 e. The van der Waals surface area contributed by atoms with Crippen molar-refractivity contribution in [3.63, 3.8) is 0 Å². The molecule has 0 aromatic rings. The molecule has 0 saturated carbocycles. The van der Waals surface area contributed by atoms with Gasteiger partial charge in [0.1, 0.15) is 0 Å². The van der Waals surface area contributed by atoms with Crippen LogP contribution in [0.1, 0.15) is 12.8 Å². The van der Waals surface area contributed by atoms with Crippen LogP contribution in [0.15, 0.2) is 0 Å². The fourth-order valence-corrected chi connectivity index (χ4v) is 1.27. The van der Waals surface area contributed by atoms with Gasteiger partial charge in [-0.3, -0.25) is 4.79 Å². The van der Waals surface area contributed by atoms with Crippen molar-refractivity contribution in [2.45, 2.75) is 19.3 Å². The second-order valence-electron chi connectivity index (χ2n) is 3.10. The Morgan fingerprint density at radius 3 is 2.62 bits per heavy atom. The number of carbonyl (C=O) groups excluding carboxylic acids is 1. The first-order valence-electron chi connectivity index (χ1n) is 4.33. The van der Waals surface area contributed by atoms with Gasteiger partial charge < -0.3 is 10.1 Å². The summed E-state index contributed by atoms with van der Waals surface area (Å²) in [6, 6.07) is 0. The summed E-state index contributed by atoms with van der Waals surface area (Å²) in [4.78, 5) is 10.5. The Balaban J connectivity index is 2.13. The molecule has 1 fully saturated rings. The van der Waals surface area contributed by atoms with Gasteiger partial charge >= 0.3 is 6.43 Å². The van der Waals surface area contributed by atoms with Crippen molar-refractivity contribution >= 4 is 5.91 Å². The molecule has 0 unspecified atom stereocenters. The van der Waals surface area contributed by atoms with E-state index in [1.54, 1.807) is 0 Å². The summed E-state index contributed by atoms with van der Waals surface area (Å²) in [5, 5.41) is 2.21. The smallest absolute Gasteiger partial charge is 0.315 e. The molecule has 0 aromatic heterocycles. The van der Waals surface area contributed by atoms with Crippen molar-refractivity contribution in [3.8, 4) is 0 Å². The molecule has 0 bridgehead atoms. The van der Waals surface area contributed by atoms with Gasteiger partial charge in [0.05, 0.1) is 0 Å². The number of carbonyl (C=O) groups is 1. The second kappa shape index (κ2) is 5.11. The average Bonchev–Trinajstić information content (AvgIpc) is 2.15. The number of rotatable bonds is 3. The molecule has 5 heteroatoms. The zero-order chi connectivity index (χ0) is 9.68. The van der Waals surface area contributed by atoms with Crippen LogP contribution in [0, 0.1) is 5.92 Å². The van der Waals surface area contributed by atoms with E-state index in [9.17, 15) is 13.6 Å². The van der Waals surface area contributed by atoms with Crippen molar-refractivity contribution in [1.29, 1.82) is 0 Å². The molecule has 0 atom stereocenters. The summed E-state index contributed by atoms with van der Waals surface area (Å²) in [6.45, 7) is 1.66. The van der Waals surface area contributed by atoms with Gasteiger partial charge in [0.15, 0.2) is 0 Å². The van der Waals surface area contributed by atoms with Gasteiger partial charge in [-0.1, -0.05) is 0 Å². The molecule has 1 N–H and O–H groups in total. The van der Waals surface area contributed by atoms with Crippen LogP contribution in [0.4, 0.5) is 8.78 Å². The van der Waals surface area contributed by atoms with Crippen molar-refractivity contribution in [2.24, 2.45) is 5.92 Å². The van der Waals surface area contributed by atoms with Crippen LogP contribution >= 0.6 is 0 Å². The standard InChI is InChI=1S/C8H13F2NO2/c9-7(10)8(12)11-5-6-1-3-13-4-2-6/h6-7H,1-5H2,(H,11,12). The Morgan fingerprint density at radius 1 is 1.46 bits per heavy atom. The van der Waals surface area contributed by atoms with E-state index in [1.807, 2.05) is 0 Å². The summed E-state index contributed by atoms with van der Waals surface area (Å²) in [6.07, 6.45) is -1.23. The lowest BCUT2D eigenvalue weighted by Crippen LogP contribution is -2.35. The third kappa shape index (κ3) is 3.67. The van der Waals surface area contributed by atoms with Gasteiger partial charge in [-0.15, -0.1) is 0 Å². The number of halogens is 2. The molecule has 1 aliphatic heterocycles. The van der Waals surface area contributed by atoms with Gasteiger partial charge in [0, 0.05) is 19.8 Å². The summed E-state index contributed by atoms with van der Waals surface area (Å²) < 4.78 is 28.6. The summed E-state index contributed by atoms with van der Waals surface area (Å²) in [5.74, 6) is -0.886. The Bertz CT molecular complexity index is 170. The largest absolute Gasteiger partial charge is 0.381 e. The van der Waals surface area contributed by atoms with E-state index in [1.165, 1.54) is 0 Å². The van der Waals surface area contributed by atoms with E-state index in [0.29, 0.717) is 19.8 Å². The predicted molar refractivity (Wildman–Crippen MR) is 42.6 cm³/mol. The quantitative estimate of drug-likeness (QED) is 0.719. The molecule has 0 radical (unpaired) electrons. The van der Waals surface area contributed by atoms with Gasteiger partial charge in [0.2, 0.25) is 0 Å². The highest BCUT2D eigenvalue weighted by Crippen LogP contribution is 2.13. The molecule has 0 spiro atoms. The first-order valence-corrected chi connectivity index (χ1v) is 4.33. The van der Waals surface area contributed by atoms with Crippen LogP contribution in [0.5, 0.6) is 0 Å². The first kappa shape index (κ1) is 10.4. The van der Waals surface area contributed by atoms with Crippen LogP contribution in [-0.4, -0.2) is 32.1 Å². The SMILES string of the molecule is O=C(NCC1CCOCC1)C(F)F. The molecular weight excluding hydrogens is 180 g/mol. The Kier molecular flexibility index (Phi) is 4.08. The molecule has 1 heterocycles. The van der Waals surface area contributed by atoms with Crippen molar-refractivity contribution in [2.75, 3.05) is 19.8 Å². The molecule has 0 aromatic carbocycles. The first-order chi connectivity index (χ1) is 6.20. The maximum absolute atomic E-state index is 11.7. The van der Waals surface area contributed by atoms with Crippen LogP contribution in [0.25, 0.3) is 0 Å². The predicted octanol–water partition coefficient (Wildman–Crippen LogP) is 0.794. The van der Waals surface area contributed by atoms with Crippen molar-refractivity contribution in [3.05, 3.63) is 0 Å². The third-order valence-corrected chi connectivity index (χ3v) is 2.10. The summed E-state index contributed by atoms with van der Waals surface area (Å²) in [5.41, 5.74) is 0. The average molecular weight is 193 g/mol. The number of amides is 1. The van der Waals surface area contributed by atoms with Crippen molar-refractivity contribution in [1.82, 2.24) is 5.32 Å². The lowest BCUT2D eigenvalue weighted by Gasteiger charge is -2.21. The molecule has 1 saturated heterocycles. The van der Waals surface area contributed by atoms with E-state index < -0.39 is 12.3 Å². The van der Waals surface area contributed by atoms with Gasteiger partial charge in [-0.05, 0) is 18.8 Å². The molecule has 1 rings (SSSR count). The van der Waals surface area contributed by atoms with Gasteiger partial charge in [0.25, 0.3) is 5.91 Å². The van der Waals surface area contributed by atoms with E-state index in [4.69, 9.17) is 4.74 Å². The fraction of sp³-hybridized carbons (Fsp3) is 0.875. The van der Waals surface area contributed by atoms with Crippen LogP contribution in [0.2, 0.25) is 0 Å². The van der Waals surface area contributed by atoms with E-state index in [-0.39, 0.29) is 5.92 Å². The number of nitrogens with one attached hydrogen (secondary N) is 1. The van der Waals surface area contributed by atoms with E-state index in [2.05, 4.69) is 5.32 Å². The molecule has 3 nitrogen and oxygen atoms in total. The molecule has 1 amide bonds. The minimum atomic E-state index is -2.90. The lowest BCUT2D eigenvalue weighted by atomic mass is 10.0. The molecule has 1 aliphatic rings. The maximum Gasteiger partial charge on any atom is 0.315 e. The number of alkyl halides is 2. The highest BCUT2D eigenvalue weighted by Gasteiger charge is 2.18. The zero-order valence-corrected chi connectivity index (χ0v) is 7.26. The Morgan fingerprint density at radius 2 is 2.08 bits per heavy atom. The van der Waals surface area contributed by atoms with Crippen LogP contribution in [0.3, 0.4) is 0 Å². The molecule has 0 aliphatic carbocycles. The second-order valence-corrected chi connectivity index (χ2v) is 3.10. The van der Waals surface area contributed by atoms with Gasteiger partial charge in [-0.25, -0.2) is 0 Å².